The Morgan fingerprint density at radius 3 is 2.16 bits per heavy atom. The average Bonchev–Trinajstić information content (AvgIpc) is 2.39. The number of methoxy groups -OCH3 is 1. The summed E-state index contributed by atoms with van der Waals surface area (Å²) in [5.41, 5.74) is 0. The van der Waals surface area contributed by atoms with Crippen LogP contribution in [-0.4, -0.2) is 7.11 Å². The highest BCUT2D eigenvalue weighted by atomic mass is 35.5. The van der Waals surface area contributed by atoms with Crippen molar-refractivity contribution in [3.8, 4) is 5.75 Å². The van der Waals surface area contributed by atoms with Gasteiger partial charge in [0.25, 0.3) is 0 Å². The van der Waals surface area contributed by atoms with Crippen molar-refractivity contribution in [1.29, 1.82) is 0 Å². The molecule has 0 fully saturated rings. The molecule has 0 N–H and O–H groups in total. The molecule has 0 aromatic heterocycles. The summed E-state index contributed by atoms with van der Waals surface area (Å²) >= 11 is 21.7. The van der Waals surface area contributed by atoms with E-state index < -0.39 is 0 Å². The number of ether oxygens (including phenoxy) is 1. The monoisotopic (exact) mass is 348 g/mol. The predicted octanol–water partition coefficient (Wildman–Crippen LogP) is 6.27. The van der Waals surface area contributed by atoms with E-state index in [0.717, 1.165) is 19.6 Å². The van der Waals surface area contributed by atoms with E-state index in [2.05, 4.69) is 0 Å². The molecule has 1 nitrogen and oxygen atoms in total. The fourth-order valence-electron chi connectivity index (χ4n) is 1.75. The molecule has 1 aliphatic rings. The molecule has 0 amide bonds. The Bertz CT molecular complexity index is 673. The Kier molecular flexibility index (Phi) is 3.84. The lowest BCUT2D eigenvalue weighted by atomic mass is 10.3. The van der Waals surface area contributed by atoms with E-state index in [1.807, 2.05) is 24.3 Å². The van der Waals surface area contributed by atoms with Crippen molar-refractivity contribution >= 4 is 58.3 Å². The quantitative estimate of drug-likeness (QED) is 0.512. The highest BCUT2D eigenvalue weighted by molar-refractivity contribution is 8.05. The van der Waals surface area contributed by atoms with Gasteiger partial charge in [0.2, 0.25) is 0 Å². The molecule has 0 saturated heterocycles. The van der Waals surface area contributed by atoms with Gasteiger partial charge in [-0.05, 0) is 24.3 Å². The summed E-state index contributed by atoms with van der Waals surface area (Å²) in [6, 6.07) is 7.63. The highest BCUT2D eigenvalue weighted by Crippen LogP contribution is 2.54. The molecule has 0 spiro atoms. The molecule has 1 heterocycles. The molecule has 0 aliphatic carbocycles. The van der Waals surface area contributed by atoms with Crippen molar-refractivity contribution in [3.63, 3.8) is 0 Å². The summed E-state index contributed by atoms with van der Waals surface area (Å²) < 4.78 is 5.24. The molecule has 0 bridgehead atoms. The molecule has 98 valence electrons. The van der Waals surface area contributed by atoms with Crippen LogP contribution in [0, 0.1) is 0 Å². The molecule has 2 aromatic carbocycles. The lowest BCUT2D eigenvalue weighted by molar-refractivity contribution is 0.413. The molecule has 19 heavy (non-hydrogen) atoms. The fraction of sp³-hybridized carbons (Fsp3) is 0.0769. The number of benzene rings is 2. The van der Waals surface area contributed by atoms with Crippen LogP contribution in [0.1, 0.15) is 0 Å². The summed E-state index contributed by atoms with van der Waals surface area (Å²) in [7, 11) is 1.61. The number of fused-ring (bicyclic) bond motifs is 2. The molecule has 6 heteroatoms. The van der Waals surface area contributed by atoms with Crippen molar-refractivity contribution < 1.29 is 4.74 Å². The summed E-state index contributed by atoms with van der Waals surface area (Å²) in [6.45, 7) is 0. The van der Waals surface area contributed by atoms with E-state index in [9.17, 15) is 0 Å². The third-order valence-corrected chi connectivity index (χ3v) is 6.44. The smallest absolute Gasteiger partial charge is 0.138 e. The molecular weight excluding hydrogens is 343 g/mol. The van der Waals surface area contributed by atoms with Crippen LogP contribution >= 0.6 is 58.3 Å². The van der Waals surface area contributed by atoms with Gasteiger partial charge in [-0.2, -0.15) is 0 Å². The Morgan fingerprint density at radius 1 is 0.895 bits per heavy atom. The first-order chi connectivity index (χ1) is 9.10. The van der Waals surface area contributed by atoms with Crippen molar-refractivity contribution in [2.45, 2.75) is 19.6 Å². The first-order valence-corrected chi connectivity index (χ1v) is 8.08. The highest BCUT2D eigenvalue weighted by Gasteiger charge is 2.22. The standard InChI is InChI=1S/C13H7Cl3OS2/c1-17-8-2-3-9-13(12(8)16)19-11-5-7(15)6(14)4-10(11)18-9/h2-5H,1H3. The van der Waals surface area contributed by atoms with Crippen LogP contribution in [0.3, 0.4) is 0 Å². The van der Waals surface area contributed by atoms with Crippen LogP contribution in [0.15, 0.2) is 43.8 Å². The average molecular weight is 350 g/mol. The molecule has 3 rings (SSSR count). The van der Waals surface area contributed by atoms with Gasteiger partial charge in [-0.3, -0.25) is 0 Å². The molecule has 0 radical (unpaired) electrons. The summed E-state index contributed by atoms with van der Waals surface area (Å²) in [6.07, 6.45) is 0. The predicted molar refractivity (Wildman–Crippen MR) is 82.7 cm³/mol. The number of rotatable bonds is 1. The Hall–Kier alpha value is -0.190. The van der Waals surface area contributed by atoms with E-state index in [-0.39, 0.29) is 0 Å². The number of hydrogen-bond acceptors (Lipinski definition) is 3. The largest absolute Gasteiger partial charge is 0.495 e. The van der Waals surface area contributed by atoms with Gasteiger partial charge in [-0.1, -0.05) is 58.3 Å². The Balaban J connectivity index is 2.12. The third kappa shape index (κ3) is 2.43. The first kappa shape index (κ1) is 13.8. The molecule has 1 aliphatic heterocycles. The maximum absolute atomic E-state index is 6.35. The SMILES string of the molecule is COc1ccc2c(c1Cl)Sc1cc(Cl)c(Cl)cc1S2. The zero-order valence-electron chi connectivity index (χ0n) is 9.67. The maximum atomic E-state index is 6.35. The first-order valence-electron chi connectivity index (χ1n) is 5.31. The topological polar surface area (TPSA) is 9.23 Å². The summed E-state index contributed by atoms with van der Waals surface area (Å²) in [4.78, 5) is 4.24. The minimum absolute atomic E-state index is 0.552. The van der Waals surface area contributed by atoms with Gasteiger partial charge in [0, 0.05) is 19.6 Å². The van der Waals surface area contributed by atoms with E-state index in [1.54, 1.807) is 30.6 Å². The van der Waals surface area contributed by atoms with Crippen LogP contribution in [-0.2, 0) is 0 Å². The van der Waals surface area contributed by atoms with Gasteiger partial charge in [0.05, 0.1) is 22.2 Å². The summed E-state index contributed by atoms with van der Waals surface area (Å²) in [5.74, 6) is 0.678. The molecular formula is C13H7Cl3OS2. The van der Waals surface area contributed by atoms with Gasteiger partial charge < -0.3 is 4.74 Å². The third-order valence-electron chi connectivity index (χ3n) is 2.66. The normalized spacial score (nSPS) is 12.8. The van der Waals surface area contributed by atoms with Crippen molar-refractivity contribution in [1.82, 2.24) is 0 Å². The molecule has 0 atom stereocenters. The fourth-order valence-corrected chi connectivity index (χ4v) is 4.94. The molecule has 0 unspecified atom stereocenters. The van der Waals surface area contributed by atoms with Crippen LogP contribution in [0.2, 0.25) is 15.1 Å². The van der Waals surface area contributed by atoms with Crippen molar-refractivity contribution in [3.05, 3.63) is 39.3 Å². The van der Waals surface area contributed by atoms with Crippen LogP contribution < -0.4 is 4.74 Å². The van der Waals surface area contributed by atoms with Gasteiger partial charge in [0.1, 0.15) is 5.75 Å². The van der Waals surface area contributed by atoms with E-state index in [1.165, 1.54) is 0 Å². The number of hydrogen-bond donors (Lipinski definition) is 0. The van der Waals surface area contributed by atoms with Gasteiger partial charge in [-0.15, -0.1) is 0 Å². The van der Waals surface area contributed by atoms with Crippen LogP contribution in [0.5, 0.6) is 5.75 Å². The molecule has 2 aromatic rings. The van der Waals surface area contributed by atoms with Gasteiger partial charge in [-0.25, -0.2) is 0 Å². The van der Waals surface area contributed by atoms with Gasteiger partial charge >= 0.3 is 0 Å². The van der Waals surface area contributed by atoms with E-state index in [0.29, 0.717) is 20.8 Å². The van der Waals surface area contributed by atoms with E-state index in [4.69, 9.17) is 39.5 Å². The van der Waals surface area contributed by atoms with Crippen molar-refractivity contribution in [2.75, 3.05) is 7.11 Å². The van der Waals surface area contributed by atoms with E-state index >= 15 is 0 Å². The second-order valence-corrected chi connectivity index (χ2v) is 7.15. The molecule has 0 saturated carbocycles. The zero-order chi connectivity index (χ0) is 13.6. The number of halogens is 3. The van der Waals surface area contributed by atoms with Gasteiger partial charge in [0.15, 0.2) is 0 Å². The second kappa shape index (κ2) is 5.30. The minimum atomic E-state index is 0.552. The Labute approximate surface area is 134 Å². The zero-order valence-corrected chi connectivity index (χ0v) is 13.6. The lowest BCUT2D eigenvalue weighted by Crippen LogP contribution is -1.93. The van der Waals surface area contributed by atoms with Crippen molar-refractivity contribution in [2.24, 2.45) is 0 Å². The minimum Gasteiger partial charge on any atom is -0.495 e. The van der Waals surface area contributed by atoms with Crippen LogP contribution in [0.4, 0.5) is 0 Å². The maximum Gasteiger partial charge on any atom is 0.138 e. The lowest BCUT2D eigenvalue weighted by Gasteiger charge is -2.20. The second-order valence-electron chi connectivity index (χ2n) is 3.83. The Morgan fingerprint density at radius 2 is 1.53 bits per heavy atom. The summed E-state index contributed by atoms with van der Waals surface area (Å²) in [5, 5.41) is 1.75. The van der Waals surface area contributed by atoms with Crippen LogP contribution in [0.25, 0.3) is 0 Å².